The summed E-state index contributed by atoms with van der Waals surface area (Å²) < 4.78 is 13.3. The second kappa shape index (κ2) is 4.65. The predicted molar refractivity (Wildman–Crippen MR) is 55.6 cm³/mol. The van der Waals surface area contributed by atoms with Gasteiger partial charge in [0.1, 0.15) is 5.52 Å². The van der Waals surface area contributed by atoms with Gasteiger partial charge in [-0.15, -0.1) is 0 Å². The lowest BCUT2D eigenvalue weighted by molar-refractivity contribution is 0.627. The van der Waals surface area contributed by atoms with Gasteiger partial charge in [0, 0.05) is 12.4 Å². The molecule has 3 heteroatoms. The first kappa shape index (κ1) is 10.6. The number of rotatable bonds is 0. The first-order valence-corrected chi connectivity index (χ1v) is 4.65. The Morgan fingerprint density at radius 1 is 1.07 bits per heavy atom. The predicted octanol–water partition coefficient (Wildman–Crippen LogP) is 3.10. The van der Waals surface area contributed by atoms with Crippen molar-refractivity contribution in [1.29, 1.82) is 0 Å². The molecule has 0 fully saturated rings. The lowest BCUT2D eigenvalue weighted by Gasteiger charge is -1.98. The molecule has 1 aromatic carbocycles. The molecule has 2 aromatic rings. The molecule has 0 aliphatic carbocycles. The Morgan fingerprint density at radius 3 is 2.43 bits per heavy atom. The maximum absolute atomic E-state index is 13.3. The SMILES string of the molecule is CC.Cc1ccc2nccnc2c1F. The summed E-state index contributed by atoms with van der Waals surface area (Å²) in [6, 6.07) is 3.47. The molecule has 2 nitrogen and oxygen atoms in total. The molecule has 0 aliphatic heterocycles. The van der Waals surface area contributed by atoms with Crippen molar-refractivity contribution in [3.63, 3.8) is 0 Å². The van der Waals surface area contributed by atoms with E-state index in [0.29, 0.717) is 16.6 Å². The Labute approximate surface area is 82.8 Å². The maximum atomic E-state index is 13.3. The van der Waals surface area contributed by atoms with Crippen LogP contribution in [-0.2, 0) is 0 Å². The van der Waals surface area contributed by atoms with E-state index in [2.05, 4.69) is 9.97 Å². The van der Waals surface area contributed by atoms with Gasteiger partial charge in [0.05, 0.1) is 5.52 Å². The molecule has 0 spiro atoms. The number of nitrogens with zero attached hydrogens (tertiary/aromatic N) is 2. The van der Waals surface area contributed by atoms with E-state index in [1.54, 1.807) is 25.3 Å². The number of hydrogen-bond donors (Lipinski definition) is 0. The minimum Gasteiger partial charge on any atom is -0.253 e. The summed E-state index contributed by atoms with van der Waals surface area (Å²) in [5, 5.41) is 0. The van der Waals surface area contributed by atoms with Crippen molar-refractivity contribution in [1.82, 2.24) is 9.97 Å². The van der Waals surface area contributed by atoms with Crippen molar-refractivity contribution in [2.45, 2.75) is 20.8 Å². The highest BCUT2D eigenvalue weighted by atomic mass is 19.1. The van der Waals surface area contributed by atoms with E-state index in [1.165, 1.54) is 6.20 Å². The molecule has 14 heavy (non-hydrogen) atoms. The zero-order valence-electron chi connectivity index (χ0n) is 8.58. The third-order valence-electron chi connectivity index (χ3n) is 1.77. The van der Waals surface area contributed by atoms with Crippen molar-refractivity contribution in [3.05, 3.63) is 35.9 Å². The van der Waals surface area contributed by atoms with Gasteiger partial charge in [0.2, 0.25) is 0 Å². The zero-order valence-corrected chi connectivity index (χ0v) is 8.58. The highest BCUT2D eigenvalue weighted by Gasteiger charge is 2.04. The Balaban J connectivity index is 0.000000461. The lowest BCUT2D eigenvalue weighted by Crippen LogP contribution is -1.89. The van der Waals surface area contributed by atoms with Crippen LogP contribution in [0.15, 0.2) is 24.5 Å². The van der Waals surface area contributed by atoms with Gasteiger partial charge in [0.15, 0.2) is 5.82 Å². The molecule has 0 N–H and O–H groups in total. The maximum Gasteiger partial charge on any atom is 0.153 e. The minimum atomic E-state index is -0.277. The highest BCUT2D eigenvalue weighted by Crippen LogP contribution is 2.15. The molecule has 0 aliphatic rings. The summed E-state index contributed by atoms with van der Waals surface area (Å²) in [6.45, 7) is 5.71. The average Bonchev–Trinajstić information content (AvgIpc) is 2.27. The smallest absolute Gasteiger partial charge is 0.153 e. The Kier molecular flexibility index (Phi) is 3.51. The van der Waals surface area contributed by atoms with Gasteiger partial charge < -0.3 is 0 Å². The average molecular weight is 192 g/mol. The fourth-order valence-electron chi connectivity index (χ4n) is 1.10. The van der Waals surface area contributed by atoms with E-state index in [4.69, 9.17) is 0 Å². The van der Waals surface area contributed by atoms with Crippen LogP contribution in [0.4, 0.5) is 4.39 Å². The van der Waals surface area contributed by atoms with E-state index < -0.39 is 0 Å². The molecule has 0 saturated heterocycles. The van der Waals surface area contributed by atoms with Gasteiger partial charge in [-0.05, 0) is 18.6 Å². The fourth-order valence-corrected chi connectivity index (χ4v) is 1.10. The van der Waals surface area contributed by atoms with Crippen LogP contribution < -0.4 is 0 Å². The van der Waals surface area contributed by atoms with E-state index in [1.807, 2.05) is 13.8 Å². The zero-order chi connectivity index (χ0) is 10.6. The third kappa shape index (κ3) is 1.87. The number of halogens is 1. The normalized spacial score (nSPS) is 9.43. The molecule has 0 unspecified atom stereocenters. The number of fused-ring (bicyclic) bond motifs is 1. The third-order valence-corrected chi connectivity index (χ3v) is 1.77. The van der Waals surface area contributed by atoms with Gasteiger partial charge in [-0.2, -0.15) is 0 Å². The second-order valence-corrected chi connectivity index (χ2v) is 2.62. The molecular weight excluding hydrogens is 179 g/mol. The molecule has 1 heterocycles. The first-order valence-electron chi connectivity index (χ1n) is 4.65. The van der Waals surface area contributed by atoms with Crippen LogP contribution >= 0.6 is 0 Å². The number of aryl methyl sites for hydroxylation is 1. The largest absolute Gasteiger partial charge is 0.253 e. The van der Waals surface area contributed by atoms with Crippen molar-refractivity contribution in [2.75, 3.05) is 0 Å². The summed E-state index contributed by atoms with van der Waals surface area (Å²) in [7, 11) is 0. The van der Waals surface area contributed by atoms with Crippen molar-refractivity contribution < 1.29 is 4.39 Å². The highest BCUT2D eigenvalue weighted by molar-refractivity contribution is 5.75. The second-order valence-electron chi connectivity index (χ2n) is 2.62. The lowest BCUT2D eigenvalue weighted by atomic mass is 10.2. The van der Waals surface area contributed by atoms with Crippen LogP contribution in [-0.4, -0.2) is 9.97 Å². The molecule has 0 bridgehead atoms. The van der Waals surface area contributed by atoms with Crippen molar-refractivity contribution in [3.8, 4) is 0 Å². The van der Waals surface area contributed by atoms with Crippen LogP contribution in [0.2, 0.25) is 0 Å². The minimum absolute atomic E-state index is 0.277. The monoisotopic (exact) mass is 192 g/mol. The summed E-state index contributed by atoms with van der Waals surface area (Å²) >= 11 is 0. The van der Waals surface area contributed by atoms with Gasteiger partial charge in [0.25, 0.3) is 0 Å². The van der Waals surface area contributed by atoms with Crippen LogP contribution in [0.5, 0.6) is 0 Å². The summed E-state index contributed by atoms with van der Waals surface area (Å²) in [5.74, 6) is -0.277. The number of benzene rings is 1. The van der Waals surface area contributed by atoms with Crippen LogP contribution in [0.3, 0.4) is 0 Å². The van der Waals surface area contributed by atoms with Crippen LogP contribution in [0.25, 0.3) is 11.0 Å². The van der Waals surface area contributed by atoms with Crippen LogP contribution in [0.1, 0.15) is 19.4 Å². The Bertz CT molecular complexity index is 427. The summed E-state index contributed by atoms with van der Waals surface area (Å²) in [4.78, 5) is 7.88. The molecule has 1 aromatic heterocycles. The van der Waals surface area contributed by atoms with Crippen molar-refractivity contribution in [2.24, 2.45) is 0 Å². The molecular formula is C11H13FN2. The van der Waals surface area contributed by atoms with Crippen LogP contribution in [0, 0.1) is 12.7 Å². The van der Waals surface area contributed by atoms with Gasteiger partial charge in [-0.25, -0.2) is 9.37 Å². The molecule has 0 atom stereocenters. The summed E-state index contributed by atoms with van der Waals surface area (Å²) in [5.41, 5.74) is 1.54. The molecule has 0 saturated carbocycles. The van der Waals surface area contributed by atoms with Crippen molar-refractivity contribution >= 4 is 11.0 Å². The molecule has 0 amide bonds. The van der Waals surface area contributed by atoms with Gasteiger partial charge >= 0.3 is 0 Å². The topological polar surface area (TPSA) is 25.8 Å². The number of hydrogen-bond acceptors (Lipinski definition) is 2. The van der Waals surface area contributed by atoms with E-state index in [-0.39, 0.29) is 5.82 Å². The molecule has 0 radical (unpaired) electrons. The summed E-state index contributed by atoms with van der Waals surface area (Å²) in [6.07, 6.45) is 3.04. The first-order chi connectivity index (χ1) is 6.79. The Morgan fingerprint density at radius 2 is 1.71 bits per heavy atom. The molecule has 74 valence electrons. The Hall–Kier alpha value is -1.51. The molecule has 2 rings (SSSR count). The standard InChI is InChI=1S/C9H7FN2.C2H6/c1-6-2-3-7-9(8(6)10)12-5-4-11-7;1-2/h2-5H,1H3;1-2H3. The van der Waals surface area contributed by atoms with Gasteiger partial charge in [-0.3, -0.25) is 4.98 Å². The quantitative estimate of drug-likeness (QED) is 0.641. The van der Waals surface area contributed by atoms with E-state index in [9.17, 15) is 4.39 Å². The van der Waals surface area contributed by atoms with E-state index in [0.717, 1.165) is 0 Å². The fraction of sp³-hybridized carbons (Fsp3) is 0.273. The van der Waals surface area contributed by atoms with E-state index >= 15 is 0 Å². The number of aromatic nitrogens is 2. The van der Waals surface area contributed by atoms with Gasteiger partial charge in [-0.1, -0.05) is 19.9 Å².